The maximum atomic E-state index is 11.1. The van der Waals surface area contributed by atoms with Crippen LogP contribution >= 0.6 is 0 Å². The summed E-state index contributed by atoms with van der Waals surface area (Å²) in [5.41, 5.74) is 2.06. The summed E-state index contributed by atoms with van der Waals surface area (Å²) in [7, 11) is 0. The molecular weight excluding hydrogens is 148 g/mol. The van der Waals surface area contributed by atoms with Crippen molar-refractivity contribution in [3.05, 3.63) is 23.8 Å². The van der Waals surface area contributed by atoms with Gasteiger partial charge in [0.1, 0.15) is 0 Å². The molecule has 12 heavy (non-hydrogen) atoms. The zero-order valence-corrected chi connectivity index (χ0v) is 8.31. The predicted octanol–water partition coefficient (Wildman–Crippen LogP) is 3.27. The van der Waals surface area contributed by atoms with Crippen LogP contribution in [0.5, 0.6) is 0 Å². The van der Waals surface area contributed by atoms with Crippen molar-refractivity contribution in [2.24, 2.45) is 0 Å². The van der Waals surface area contributed by atoms with Gasteiger partial charge in [0.25, 0.3) is 0 Å². The number of ketones is 1. The molecule has 0 aliphatic carbocycles. The number of hydrogen-bond acceptors (Lipinski definition) is 1. The molecule has 0 aromatic rings. The number of hydrogen-bond donors (Lipinski definition) is 0. The molecule has 0 spiro atoms. The molecule has 1 heteroatoms. The van der Waals surface area contributed by atoms with Crippen LogP contribution in [0.15, 0.2) is 23.8 Å². The van der Waals surface area contributed by atoms with E-state index in [1.54, 1.807) is 0 Å². The van der Waals surface area contributed by atoms with Gasteiger partial charge in [0.2, 0.25) is 0 Å². The molecule has 0 aliphatic rings. The predicted molar refractivity (Wildman–Crippen MR) is 53.1 cm³/mol. The highest BCUT2D eigenvalue weighted by Gasteiger charge is 1.98. The molecule has 0 unspecified atom stereocenters. The molecule has 0 bridgehead atoms. The number of carbonyl (C=O) groups excluding carboxylic acids is 1. The Morgan fingerprint density at radius 3 is 2.42 bits per heavy atom. The van der Waals surface area contributed by atoms with E-state index in [4.69, 9.17) is 0 Å². The zero-order valence-electron chi connectivity index (χ0n) is 8.31. The fourth-order valence-electron chi connectivity index (χ4n) is 0.928. The van der Waals surface area contributed by atoms with Gasteiger partial charge in [-0.25, -0.2) is 0 Å². The standard InChI is InChI=1S/C11H18O/c1-5-11(12)10(4)8-6-7-9(2)3/h8H,2,5-7H2,1,3-4H3. The van der Waals surface area contributed by atoms with Crippen LogP contribution < -0.4 is 0 Å². The van der Waals surface area contributed by atoms with Gasteiger partial charge in [-0.2, -0.15) is 0 Å². The molecule has 0 N–H and O–H groups in total. The lowest BCUT2D eigenvalue weighted by Gasteiger charge is -1.97. The van der Waals surface area contributed by atoms with Crippen molar-refractivity contribution in [3.63, 3.8) is 0 Å². The SMILES string of the molecule is C=C(C)CCC=C(C)C(=O)CC. The highest BCUT2D eigenvalue weighted by Crippen LogP contribution is 2.05. The molecule has 0 aromatic heterocycles. The van der Waals surface area contributed by atoms with Crippen LogP contribution in [-0.2, 0) is 4.79 Å². The van der Waals surface area contributed by atoms with Gasteiger partial charge in [0.05, 0.1) is 0 Å². The van der Waals surface area contributed by atoms with Crippen molar-refractivity contribution in [3.8, 4) is 0 Å². The smallest absolute Gasteiger partial charge is 0.157 e. The third-order valence-electron chi connectivity index (χ3n) is 1.78. The van der Waals surface area contributed by atoms with Crippen molar-refractivity contribution in [2.45, 2.75) is 40.0 Å². The summed E-state index contributed by atoms with van der Waals surface area (Å²) in [5, 5.41) is 0. The second kappa shape index (κ2) is 5.76. The summed E-state index contributed by atoms with van der Waals surface area (Å²) in [6.45, 7) is 9.57. The fraction of sp³-hybridized carbons (Fsp3) is 0.545. The summed E-state index contributed by atoms with van der Waals surface area (Å²) in [5.74, 6) is 0.247. The first-order valence-corrected chi connectivity index (χ1v) is 4.42. The van der Waals surface area contributed by atoms with Crippen LogP contribution in [0.1, 0.15) is 40.0 Å². The van der Waals surface area contributed by atoms with Gasteiger partial charge in [-0.1, -0.05) is 18.6 Å². The molecule has 0 rings (SSSR count). The van der Waals surface area contributed by atoms with Gasteiger partial charge in [-0.05, 0) is 32.3 Å². The molecule has 0 aromatic carbocycles. The van der Waals surface area contributed by atoms with Crippen LogP contribution in [0.3, 0.4) is 0 Å². The molecule has 0 heterocycles. The second-order valence-corrected chi connectivity index (χ2v) is 3.16. The average molecular weight is 166 g/mol. The van der Waals surface area contributed by atoms with Crippen molar-refractivity contribution in [1.82, 2.24) is 0 Å². The van der Waals surface area contributed by atoms with Crippen LogP contribution in [0.25, 0.3) is 0 Å². The highest BCUT2D eigenvalue weighted by molar-refractivity contribution is 5.94. The Morgan fingerprint density at radius 1 is 1.42 bits per heavy atom. The maximum absolute atomic E-state index is 11.1. The number of carbonyl (C=O) groups is 1. The molecule has 0 saturated heterocycles. The van der Waals surface area contributed by atoms with Gasteiger partial charge >= 0.3 is 0 Å². The molecule has 68 valence electrons. The summed E-state index contributed by atoms with van der Waals surface area (Å²) in [6.07, 6.45) is 4.52. The van der Waals surface area contributed by atoms with E-state index in [1.807, 2.05) is 26.8 Å². The highest BCUT2D eigenvalue weighted by atomic mass is 16.1. The first kappa shape index (κ1) is 11.2. The first-order chi connectivity index (χ1) is 5.57. The average Bonchev–Trinajstić information content (AvgIpc) is 2.02. The van der Waals surface area contributed by atoms with Gasteiger partial charge in [-0.15, -0.1) is 6.58 Å². The summed E-state index contributed by atoms with van der Waals surface area (Å²) < 4.78 is 0. The second-order valence-electron chi connectivity index (χ2n) is 3.16. The van der Waals surface area contributed by atoms with Crippen molar-refractivity contribution in [2.75, 3.05) is 0 Å². The van der Waals surface area contributed by atoms with E-state index < -0.39 is 0 Å². The lowest BCUT2D eigenvalue weighted by molar-refractivity contribution is -0.115. The molecular formula is C11H18O. The van der Waals surface area contributed by atoms with E-state index >= 15 is 0 Å². The quantitative estimate of drug-likeness (QED) is 0.452. The minimum Gasteiger partial charge on any atom is -0.295 e. The van der Waals surface area contributed by atoms with Crippen molar-refractivity contribution >= 4 is 5.78 Å². The van der Waals surface area contributed by atoms with Gasteiger partial charge in [0.15, 0.2) is 5.78 Å². The summed E-state index contributed by atoms with van der Waals surface area (Å²) in [4.78, 5) is 11.1. The fourth-order valence-corrected chi connectivity index (χ4v) is 0.928. The largest absolute Gasteiger partial charge is 0.295 e. The summed E-state index contributed by atoms with van der Waals surface area (Å²) in [6, 6.07) is 0. The Bertz CT molecular complexity index is 199. The third kappa shape index (κ3) is 4.89. The van der Waals surface area contributed by atoms with E-state index in [-0.39, 0.29) is 5.78 Å². The molecule has 0 fully saturated rings. The van der Waals surface area contributed by atoms with Gasteiger partial charge < -0.3 is 0 Å². The normalized spacial score (nSPS) is 11.4. The molecule has 0 atom stereocenters. The van der Waals surface area contributed by atoms with E-state index in [1.165, 1.54) is 5.57 Å². The number of rotatable bonds is 5. The molecule has 0 saturated carbocycles. The van der Waals surface area contributed by atoms with Crippen molar-refractivity contribution < 1.29 is 4.79 Å². The molecule has 0 radical (unpaired) electrons. The minimum absolute atomic E-state index is 0.247. The van der Waals surface area contributed by atoms with Gasteiger partial charge in [-0.3, -0.25) is 4.79 Å². The molecule has 1 nitrogen and oxygen atoms in total. The third-order valence-corrected chi connectivity index (χ3v) is 1.78. The lowest BCUT2D eigenvalue weighted by atomic mass is 10.1. The Kier molecular flexibility index (Phi) is 5.35. The lowest BCUT2D eigenvalue weighted by Crippen LogP contribution is -1.95. The van der Waals surface area contributed by atoms with E-state index in [9.17, 15) is 4.79 Å². The van der Waals surface area contributed by atoms with E-state index in [0.717, 1.165) is 18.4 Å². The number of allylic oxidation sites excluding steroid dienone is 3. The number of Topliss-reactive ketones (excluding diaryl/α,β-unsaturated/α-hetero) is 1. The van der Waals surface area contributed by atoms with Crippen LogP contribution in [0.4, 0.5) is 0 Å². The van der Waals surface area contributed by atoms with Gasteiger partial charge in [0, 0.05) is 6.42 Å². The maximum Gasteiger partial charge on any atom is 0.157 e. The van der Waals surface area contributed by atoms with E-state index in [2.05, 4.69) is 6.58 Å². The Hall–Kier alpha value is -0.850. The monoisotopic (exact) mass is 166 g/mol. The van der Waals surface area contributed by atoms with Crippen LogP contribution in [0, 0.1) is 0 Å². The Labute approximate surface area is 75.2 Å². The van der Waals surface area contributed by atoms with Crippen molar-refractivity contribution in [1.29, 1.82) is 0 Å². The van der Waals surface area contributed by atoms with Crippen LogP contribution in [-0.4, -0.2) is 5.78 Å². The van der Waals surface area contributed by atoms with E-state index in [0.29, 0.717) is 6.42 Å². The Morgan fingerprint density at radius 2 is 2.00 bits per heavy atom. The molecule has 0 aliphatic heterocycles. The topological polar surface area (TPSA) is 17.1 Å². The minimum atomic E-state index is 0.247. The zero-order chi connectivity index (χ0) is 9.56. The van der Waals surface area contributed by atoms with Crippen LogP contribution in [0.2, 0.25) is 0 Å². The first-order valence-electron chi connectivity index (χ1n) is 4.42. The Balaban J connectivity index is 3.84. The molecule has 0 amide bonds. The summed E-state index contributed by atoms with van der Waals surface area (Å²) >= 11 is 0.